The van der Waals surface area contributed by atoms with Gasteiger partial charge >= 0.3 is 0 Å². The number of ether oxygens (including phenoxy) is 2. The highest BCUT2D eigenvalue weighted by Crippen LogP contribution is 2.43. The number of aliphatic hydroxyl groups is 1. The number of hydrogen-bond acceptors (Lipinski definition) is 6. The van der Waals surface area contributed by atoms with Crippen LogP contribution in [0.5, 0.6) is 0 Å². The van der Waals surface area contributed by atoms with Gasteiger partial charge in [-0.3, -0.25) is 4.79 Å². The lowest BCUT2D eigenvalue weighted by molar-refractivity contribution is -0.268. The fourth-order valence-corrected chi connectivity index (χ4v) is 6.74. The van der Waals surface area contributed by atoms with Crippen molar-refractivity contribution in [2.45, 2.75) is 43.6 Å². The van der Waals surface area contributed by atoms with E-state index in [9.17, 15) is 31.9 Å². The molecule has 5 aromatic rings. The van der Waals surface area contributed by atoms with Gasteiger partial charge in [-0.15, -0.1) is 11.8 Å². The summed E-state index contributed by atoms with van der Waals surface area (Å²) in [5.41, 5.74) is 2.98. The van der Waals surface area contributed by atoms with E-state index in [2.05, 4.69) is 17.2 Å². The number of hydrogen-bond donors (Lipinski definition) is 2. The molecule has 1 aromatic heterocycles. The highest BCUT2D eigenvalue weighted by Gasteiger charge is 2.38. The standard InChI is InChI=1S/C38H31F5N2O4S/c1-21-28(20-50-29-10-2-3-15-44-29)48-38(49-36(21)24-13-11-22(19-46)12-14-24)27-9-5-8-26(17-27)25-7-4-6-23(16-25)18-45-37(47)30-31(39)33(41)35(43)34(42)32(30)40/h2-17,21,28,36,38,46H,18-20H2,1H3,(H,45,47). The van der Waals surface area contributed by atoms with Crippen molar-refractivity contribution in [3.63, 3.8) is 0 Å². The third-order valence-electron chi connectivity index (χ3n) is 8.47. The number of carbonyl (C=O) groups excluding carboxylic acids is 1. The average molecular weight is 707 g/mol. The van der Waals surface area contributed by atoms with E-state index in [1.54, 1.807) is 36.2 Å². The lowest BCUT2D eigenvalue weighted by atomic mass is 9.91. The quantitative estimate of drug-likeness (QED) is 0.0657. The van der Waals surface area contributed by atoms with Crippen molar-refractivity contribution in [3.05, 3.63) is 154 Å². The lowest BCUT2D eigenvalue weighted by Crippen LogP contribution is -2.38. The lowest BCUT2D eigenvalue weighted by Gasteiger charge is -2.41. The molecule has 6 rings (SSSR count). The zero-order valence-corrected chi connectivity index (χ0v) is 27.4. The molecule has 0 radical (unpaired) electrons. The first kappa shape index (κ1) is 35.2. The van der Waals surface area contributed by atoms with Gasteiger partial charge in [0.2, 0.25) is 5.82 Å². The second-order valence-corrected chi connectivity index (χ2v) is 12.8. The summed E-state index contributed by atoms with van der Waals surface area (Å²) in [5.74, 6) is -12.0. The highest BCUT2D eigenvalue weighted by atomic mass is 32.2. The fraction of sp³-hybridized carbons (Fsp3) is 0.211. The minimum absolute atomic E-state index is 0.0256. The summed E-state index contributed by atoms with van der Waals surface area (Å²) in [6, 6.07) is 27.8. The van der Waals surface area contributed by atoms with Crippen molar-refractivity contribution >= 4 is 17.7 Å². The molecule has 0 spiro atoms. The number of aliphatic hydroxyl groups excluding tert-OH is 1. The van der Waals surface area contributed by atoms with Crippen molar-refractivity contribution in [3.8, 4) is 11.1 Å². The Balaban J connectivity index is 1.22. The number of amides is 1. The second-order valence-electron chi connectivity index (χ2n) is 11.8. The number of thioether (sulfide) groups is 1. The Labute approximate surface area is 289 Å². The number of aromatic nitrogens is 1. The zero-order chi connectivity index (χ0) is 35.4. The summed E-state index contributed by atoms with van der Waals surface area (Å²) in [6.45, 7) is 1.77. The average Bonchev–Trinajstić information content (AvgIpc) is 3.15. The number of nitrogens with zero attached hydrogens (tertiary/aromatic N) is 1. The van der Waals surface area contributed by atoms with Gasteiger partial charge in [0, 0.05) is 30.0 Å². The molecule has 1 amide bonds. The van der Waals surface area contributed by atoms with E-state index in [4.69, 9.17) is 9.47 Å². The molecule has 4 aromatic carbocycles. The number of halogens is 5. The van der Waals surface area contributed by atoms with Gasteiger partial charge in [-0.05, 0) is 52.1 Å². The molecule has 6 nitrogen and oxygen atoms in total. The maximum absolute atomic E-state index is 14.2. The Morgan fingerprint density at radius 3 is 2.14 bits per heavy atom. The van der Waals surface area contributed by atoms with Gasteiger partial charge in [0.1, 0.15) is 5.56 Å². The summed E-state index contributed by atoms with van der Waals surface area (Å²) in [6.07, 6.45) is 0.486. The highest BCUT2D eigenvalue weighted by molar-refractivity contribution is 7.99. The Morgan fingerprint density at radius 1 is 0.780 bits per heavy atom. The van der Waals surface area contributed by atoms with E-state index in [0.717, 1.165) is 32.8 Å². The normalized spacial score (nSPS) is 18.9. The zero-order valence-electron chi connectivity index (χ0n) is 26.6. The van der Waals surface area contributed by atoms with Crippen LogP contribution in [-0.4, -0.2) is 27.9 Å². The molecule has 0 bridgehead atoms. The number of benzene rings is 4. The van der Waals surface area contributed by atoms with Crippen LogP contribution in [0.25, 0.3) is 11.1 Å². The minimum atomic E-state index is -2.34. The first-order valence-corrected chi connectivity index (χ1v) is 16.7. The first-order chi connectivity index (χ1) is 24.1. The topological polar surface area (TPSA) is 80.7 Å². The molecule has 1 aliphatic rings. The predicted molar refractivity (Wildman–Crippen MR) is 177 cm³/mol. The van der Waals surface area contributed by atoms with Crippen molar-refractivity contribution in [2.24, 2.45) is 5.92 Å². The Kier molecular flexibility index (Phi) is 10.9. The molecule has 4 atom stereocenters. The van der Waals surface area contributed by atoms with Gasteiger partial charge in [-0.25, -0.2) is 26.9 Å². The van der Waals surface area contributed by atoms with Gasteiger partial charge in [-0.2, -0.15) is 0 Å². The molecular formula is C38H31F5N2O4S. The van der Waals surface area contributed by atoms with Gasteiger partial charge in [0.15, 0.2) is 29.6 Å². The summed E-state index contributed by atoms with van der Waals surface area (Å²) in [4.78, 5) is 16.9. The Bertz CT molecular complexity index is 1950. The van der Waals surface area contributed by atoms with E-state index >= 15 is 0 Å². The van der Waals surface area contributed by atoms with Gasteiger partial charge in [0.25, 0.3) is 5.91 Å². The number of nitrogens with one attached hydrogen (secondary N) is 1. The monoisotopic (exact) mass is 706 g/mol. The molecule has 4 unspecified atom stereocenters. The summed E-state index contributed by atoms with van der Waals surface area (Å²) in [5, 5.41) is 12.7. The van der Waals surface area contributed by atoms with Crippen molar-refractivity contribution in [1.29, 1.82) is 0 Å². The maximum Gasteiger partial charge on any atom is 0.257 e. The van der Waals surface area contributed by atoms with Crippen LogP contribution in [0.15, 0.2) is 102 Å². The van der Waals surface area contributed by atoms with Crippen LogP contribution in [0.2, 0.25) is 0 Å². The first-order valence-electron chi connectivity index (χ1n) is 15.7. The van der Waals surface area contributed by atoms with Crippen LogP contribution in [0, 0.1) is 35.0 Å². The fourth-order valence-electron chi connectivity index (χ4n) is 5.71. The predicted octanol–water partition coefficient (Wildman–Crippen LogP) is 8.45. The van der Waals surface area contributed by atoms with E-state index in [0.29, 0.717) is 11.3 Å². The van der Waals surface area contributed by atoms with Gasteiger partial charge in [0.05, 0.1) is 23.8 Å². The van der Waals surface area contributed by atoms with Crippen molar-refractivity contribution in [1.82, 2.24) is 10.3 Å². The van der Waals surface area contributed by atoms with E-state index in [-0.39, 0.29) is 31.3 Å². The number of carbonyl (C=O) groups is 1. The van der Waals surface area contributed by atoms with Crippen LogP contribution >= 0.6 is 11.8 Å². The molecule has 0 aliphatic carbocycles. The van der Waals surface area contributed by atoms with E-state index in [1.807, 2.05) is 72.8 Å². The SMILES string of the molecule is CC1C(CSc2ccccn2)OC(c2cccc(-c3cccc(CNC(=O)c4c(F)c(F)c(F)c(F)c4F)c3)c2)OC1c1ccc(CO)cc1. The molecule has 2 heterocycles. The van der Waals surface area contributed by atoms with Gasteiger partial charge < -0.3 is 19.9 Å². The molecule has 1 saturated heterocycles. The second kappa shape index (κ2) is 15.5. The van der Waals surface area contributed by atoms with Crippen LogP contribution in [0.3, 0.4) is 0 Å². The Hall–Kier alpha value is -4.62. The summed E-state index contributed by atoms with van der Waals surface area (Å²) in [7, 11) is 0. The van der Waals surface area contributed by atoms with Gasteiger partial charge in [-0.1, -0.05) is 73.7 Å². The number of rotatable bonds is 10. The van der Waals surface area contributed by atoms with Crippen LogP contribution in [-0.2, 0) is 22.6 Å². The van der Waals surface area contributed by atoms with Crippen LogP contribution in [0.1, 0.15) is 51.9 Å². The number of pyridine rings is 1. The summed E-state index contributed by atoms with van der Waals surface area (Å²) >= 11 is 1.59. The van der Waals surface area contributed by atoms with Crippen LogP contribution in [0.4, 0.5) is 22.0 Å². The smallest absolute Gasteiger partial charge is 0.257 e. The molecule has 50 heavy (non-hydrogen) atoms. The molecule has 0 saturated carbocycles. The minimum Gasteiger partial charge on any atom is -0.392 e. The van der Waals surface area contributed by atoms with Crippen molar-refractivity contribution < 1.29 is 41.3 Å². The summed E-state index contributed by atoms with van der Waals surface area (Å²) < 4.78 is 82.2. The molecule has 1 aliphatic heterocycles. The molecular weight excluding hydrogens is 675 g/mol. The largest absolute Gasteiger partial charge is 0.392 e. The van der Waals surface area contributed by atoms with Crippen LogP contribution < -0.4 is 5.32 Å². The Morgan fingerprint density at radius 2 is 1.46 bits per heavy atom. The van der Waals surface area contributed by atoms with E-state index < -0.39 is 46.8 Å². The molecule has 258 valence electrons. The molecule has 12 heteroatoms. The molecule has 1 fully saturated rings. The third-order valence-corrected chi connectivity index (χ3v) is 9.50. The maximum atomic E-state index is 14.2. The van der Waals surface area contributed by atoms with E-state index in [1.165, 1.54) is 0 Å². The van der Waals surface area contributed by atoms with Crippen molar-refractivity contribution in [2.75, 3.05) is 5.75 Å². The molecule has 2 N–H and O–H groups in total. The third kappa shape index (κ3) is 7.58.